The molecule has 12 heteroatoms. The highest BCUT2D eigenvalue weighted by molar-refractivity contribution is 7.89. The summed E-state index contributed by atoms with van der Waals surface area (Å²) in [4.78, 5) is 17.9. The largest absolute Gasteiger partial charge is 0.450 e. The van der Waals surface area contributed by atoms with E-state index in [2.05, 4.69) is 21.6 Å². The van der Waals surface area contributed by atoms with Crippen LogP contribution in [0.2, 0.25) is 0 Å². The van der Waals surface area contributed by atoms with E-state index >= 15 is 0 Å². The maximum absolute atomic E-state index is 13.4. The summed E-state index contributed by atoms with van der Waals surface area (Å²) in [6, 6.07) is 11.4. The van der Waals surface area contributed by atoms with Gasteiger partial charge in [0.25, 0.3) is 5.92 Å². The molecule has 0 radical (unpaired) electrons. The molecule has 0 saturated carbocycles. The molecule has 0 atom stereocenters. The first kappa shape index (κ1) is 34.6. The minimum Gasteiger partial charge on any atom is -0.450 e. The number of alkyl carbamates (subject to hydrolysis) is 1. The van der Waals surface area contributed by atoms with Crippen LogP contribution in [-0.4, -0.2) is 38.5 Å². The topological polar surface area (TPSA) is 100 Å². The number of hydrogen-bond donors (Lipinski definition) is 2. The molecule has 8 nitrogen and oxygen atoms in total. The number of benzene rings is 2. The van der Waals surface area contributed by atoms with E-state index in [-0.39, 0.29) is 30.2 Å². The minimum atomic E-state index is -3.84. The second-order valence-electron chi connectivity index (χ2n) is 9.69. The predicted molar refractivity (Wildman–Crippen MR) is 158 cm³/mol. The molecular formula is C30H39F3N4O4S. The molecule has 0 heterocycles. The van der Waals surface area contributed by atoms with E-state index < -0.39 is 28.0 Å². The lowest BCUT2D eigenvalue weighted by molar-refractivity contribution is 0.0174. The summed E-state index contributed by atoms with van der Waals surface area (Å²) in [5, 5.41) is 2.62. The second-order valence-corrected chi connectivity index (χ2v) is 11.5. The first-order chi connectivity index (χ1) is 19.8. The molecule has 2 aromatic rings. The number of nitrogens with zero attached hydrogens (tertiary/aromatic N) is 2. The Bertz CT molecular complexity index is 1350. The summed E-state index contributed by atoms with van der Waals surface area (Å²) < 4.78 is 73.0. The monoisotopic (exact) mass is 608 g/mol. The third-order valence-corrected chi connectivity index (χ3v) is 7.71. The van der Waals surface area contributed by atoms with Crippen LogP contribution >= 0.6 is 0 Å². The highest BCUT2D eigenvalue weighted by Gasteiger charge is 2.23. The number of carbonyl (C=O) groups is 1. The smallest absolute Gasteiger partial charge is 0.407 e. The van der Waals surface area contributed by atoms with Crippen LogP contribution in [0.3, 0.4) is 0 Å². The van der Waals surface area contributed by atoms with Gasteiger partial charge in [-0.25, -0.2) is 31.7 Å². The number of amides is 1. The molecule has 2 N–H and O–H groups in total. The van der Waals surface area contributed by atoms with Gasteiger partial charge in [0.15, 0.2) is 5.97 Å². The van der Waals surface area contributed by atoms with Crippen LogP contribution in [-0.2, 0) is 33.8 Å². The van der Waals surface area contributed by atoms with Gasteiger partial charge in [0.2, 0.25) is 10.0 Å². The second kappa shape index (κ2) is 16.1. The average molecular weight is 609 g/mol. The van der Waals surface area contributed by atoms with Crippen molar-refractivity contribution in [3.63, 3.8) is 0 Å². The fourth-order valence-electron chi connectivity index (χ4n) is 3.73. The number of carbonyl (C=O) groups excluding carboxylic acids is 1. The maximum atomic E-state index is 13.4. The Hall–Kier alpha value is -3.64. The lowest BCUT2D eigenvalue weighted by Gasteiger charge is -2.22. The van der Waals surface area contributed by atoms with Gasteiger partial charge in [0.05, 0.1) is 11.5 Å². The number of aliphatic imine (C=N–C) groups is 1. The molecule has 42 heavy (non-hydrogen) atoms. The van der Waals surface area contributed by atoms with Gasteiger partial charge >= 0.3 is 6.09 Å². The van der Waals surface area contributed by atoms with Crippen LogP contribution in [0.4, 0.5) is 18.0 Å². The van der Waals surface area contributed by atoms with Gasteiger partial charge in [0.1, 0.15) is 5.82 Å². The fourth-order valence-corrected chi connectivity index (χ4v) is 4.75. The van der Waals surface area contributed by atoms with Gasteiger partial charge in [-0.3, -0.25) is 0 Å². The fraction of sp³-hybridized carbons (Fsp3) is 0.400. The Labute approximate surface area is 246 Å². The Morgan fingerprint density at radius 2 is 1.64 bits per heavy atom. The molecule has 0 aromatic heterocycles. The number of halogens is 3. The summed E-state index contributed by atoms with van der Waals surface area (Å²) in [7, 11) is -3.84. The number of nitrogens with one attached hydrogen (secondary N) is 2. The molecule has 0 unspecified atom stereocenters. The number of hydrogen-bond acceptors (Lipinski definition) is 6. The molecule has 2 aromatic carbocycles. The van der Waals surface area contributed by atoms with E-state index in [1.807, 2.05) is 13.8 Å². The van der Waals surface area contributed by atoms with Crippen LogP contribution in [0.15, 0.2) is 82.6 Å². The van der Waals surface area contributed by atoms with Gasteiger partial charge in [-0.2, -0.15) is 4.39 Å². The predicted octanol–water partition coefficient (Wildman–Crippen LogP) is 6.76. The summed E-state index contributed by atoms with van der Waals surface area (Å²) in [6.45, 7) is 10.5. The van der Waals surface area contributed by atoms with Gasteiger partial charge in [0, 0.05) is 39.0 Å². The lowest BCUT2D eigenvalue weighted by Crippen LogP contribution is -2.25. The van der Waals surface area contributed by atoms with E-state index in [0.717, 1.165) is 18.9 Å². The minimum absolute atomic E-state index is 0.0265. The average Bonchev–Trinajstić information content (AvgIpc) is 2.95. The SMILES string of the molecule is C=CN(CCCCOC(=O)NCc1ccc(S(=O)(=O)NCc2ccc(C(C)(F)F)cc2)cc1)C(/N=C(\C)F)=C(\C)CC. The van der Waals surface area contributed by atoms with Crippen molar-refractivity contribution in [1.82, 2.24) is 14.9 Å². The van der Waals surface area contributed by atoms with Gasteiger partial charge in [-0.1, -0.05) is 49.9 Å². The molecule has 1 amide bonds. The number of ether oxygens (including phenoxy) is 1. The van der Waals surface area contributed by atoms with Crippen LogP contribution in [0.1, 0.15) is 63.6 Å². The zero-order chi connectivity index (χ0) is 31.3. The Kier molecular flexibility index (Phi) is 13.3. The van der Waals surface area contributed by atoms with Crippen LogP contribution in [0.5, 0.6) is 0 Å². The van der Waals surface area contributed by atoms with Crippen molar-refractivity contribution in [3.05, 3.63) is 89.4 Å². The van der Waals surface area contributed by atoms with Gasteiger partial charge in [-0.15, -0.1) is 0 Å². The summed E-state index contributed by atoms with van der Waals surface area (Å²) >= 11 is 0. The van der Waals surface area contributed by atoms with Crippen molar-refractivity contribution in [3.8, 4) is 0 Å². The third kappa shape index (κ3) is 11.3. The number of rotatable bonds is 16. The summed E-state index contributed by atoms with van der Waals surface area (Å²) in [6.07, 6.45) is 2.93. The van der Waals surface area contributed by atoms with E-state index in [1.54, 1.807) is 23.2 Å². The standard InChI is InChI=1S/C30H39F3N4O4S/c1-6-22(3)28(36-23(4)31)37(7-2)18-8-9-19-41-29(38)34-20-24-12-16-27(17-13-24)42(39,40)35-21-25-10-14-26(15-11-25)30(5,32)33/h7,10-17,35H,2,6,8-9,18-21H2,1,3-5H3,(H,34,38)/b28-22+,36-23+. The lowest BCUT2D eigenvalue weighted by atomic mass is 10.1. The van der Waals surface area contributed by atoms with Gasteiger partial charge in [-0.05, 0) is 61.2 Å². The highest BCUT2D eigenvalue weighted by atomic mass is 32.2. The number of unbranched alkanes of at least 4 members (excludes halogenated alkanes) is 1. The zero-order valence-corrected chi connectivity index (χ0v) is 25.2. The van der Waals surface area contributed by atoms with E-state index in [4.69, 9.17) is 4.74 Å². The summed E-state index contributed by atoms with van der Waals surface area (Å²) in [5.41, 5.74) is 1.98. The molecule has 0 spiro atoms. The highest BCUT2D eigenvalue weighted by Crippen LogP contribution is 2.26. The van der Waals surface area contributed by atoms with E-state index in [9.17, 15) is 26.4 Å². The van der Waals surface area contributed by atoms with Crippen LogP contribution in [0.25, 0.3) is 0 Å². The van der Waals surface area contributed by atoms with Crippen LogP contribution in [0, 0.1) is 0 Å². The molecule has 0 fully saturated rings. The molecule has 0 aliphatic carbocycles. The molecule has 230 valence electrons. The molecule has 0 bridgehead atoms. The number of alkyl halides is 2. The Morgan fingerprint density at radius 3 is 2.19 bits per heavy atom. The summed E-state index contributed by atoms with van der Waals surface area (Å²) in [5.74, 6) is -2.98. The quantitative estimate of drug-likeness (QED) is 0.162. The van der Waals surface area contributed by atoms with E-state index in [0.29, 0.717) is 36.3 Å². The van der Waals surface area contributed by atoms with Crippen molar-refractivity contribution in [2.75, 3.05) is 13.2 Å². The van der Waals surface area contributed by atoms with E-state index in [1.165, 1.54) is 43.3 Å². The van der Waals surface area contributed by atoms with Crippen molar-refractivity contribution >= 4 is 22.1 Å². The number of sulfonamides is 1. The molecular weight excluding hydrogens is 569 g/mol. The van der Waals surface area contributed by atoms with Crippen molar-refractivity contribution < 1.29 is 31.1 Å². The third-order valence-electron chi connectivity index (χ3n) is 6.29. The number of allylic oxidation sites excluding steroid dienone is 1. The molecule has 0 saturated heterocycles. The first-order valence-corrected chi connectivity index (χ1v) is 15.0. The van der Waals surface area contributed by atoms with Crippen molar-refractivity contribution in [1.29, 1.82) is 0 Å². The molecule has 0 aliphatic rings. The van der Waals surface area contributed by atoms with Crippen molar-refractivity contribution in [2.45, 2.75) is 70.9 Å². The van der Waals surface area contributed by atoms with Crippen LogP contribution < -0.4 is 10.0 Å². The van der Waals surface area contributed by atoms with Crippen molar-refractivity contribution in [2.24, 2.45) is 4.99 Å². The zero-order valence-electron chi connectivity index (χ0n) is 24.4. The first-order valence-electron chi connectivity index (χ1n) is 13.5. The Morgan fingerprint density at radius 1 is 1.05 bits per heavy atom. The molecule has 0 aliphatic heterocycles. The molecule has 2 rings (SSSR count). The normalized spacial score (nSPS) is 12.9. The maximum Gasteiger partial charge on any atom is 0.407 e. The van der Waals surface area contributed by atoms with Gasteiger partial charge < -0.3 is 15.0 Å². The Balaban J connectivity index is 1.77.